The molecule has 0 aromatic carbocycles. The molecule has 1 aliphatic rings. The Morgan fingerprint density at radius 1 is 0.727 bits per heavy atom. The minimum Gasteiger partial charge on any atom is -0.383 e. The van der Waals surface area contributed by atoms with E-state index in [0.717, 1.165) is 37.3 Å². The summed E-state index contributed by atoms with van der Waals surface area (Å²) in [5, 5.41) is 3.55. The molecule has 1 fully saturated rings. The zero-order valence-corrected chi connectivity index (χ0v) is 26.7. The highest BCUT2D eigenvalue weighted by Gasteiger charge is 2.27. The number of pyridine rings is 1. The van der Waals surface area contributed by atoms with Crippen LogP contribution in [0.4, 0.5) is 23.5 Å². The third kappa shape index (κ3) is 9.05. The number of methoxy groups -OCH3 is 5. The highest BCUT2D eigenvalue weighted by molar-refractivity contribution is 5.95. The number of fused-ring (bicyclic) bond motifs is 1. The van der Waals surface area contributed by atoms with Gasteiger partial charge in [-0.25, -0.2) is 9.97 Å². The predicted molar refractivity (Wildman–Crippen MR) is 171 cm³/mol. The molecule has 3 aromatic heterocycles. The lowest BCUT2D eigenvalue weighted by Gasteiger charge is -2.33. The van der Waals surface area contributed by atoms with Gasteiger partial charge in [0.1, 0.15) is 11.0 Å². The molecule has 1 saturated heterocycles. The predicted octanol–water partition coefficient (Wildman–Crippen LogP) is 2.24. The first-order chi connectivity index (χ1) is 21.6. The van der Waals surface area contributed by atoms with Crippen LogP contribution >= 0.6 is 0 Å². The largest absolute Gasteiger partial charge is 0.383 e. The lowest BCUT2D eigenvalue weighted by Crippen LogP contribution is -2.38. The first kappa shape index (κ1) is 33.5. The van der Waals surface area contributed by atoms with E-state index in [1.54, 1.807) is 47.9 Å². The van der Waals surface area contributed by atoms with Crippen LogP contribution in [0.25, 0.3) is 11.0 Å². The quantitative estimate of drug-likeness (QED) is 0.212. The fourth-order valence-electron chi connectivity index (χ4n) is 5.02. The molecule has 0 spiro atoms. The van der Waals surface area contributed by atoms with Crippen molar-refractivity contribution in [2.45, 2.75) is 25.5 Å². The first-order valence-corrected chi connectivity index (χ1v) is 15.1. The number of hydrogen-bond acceptors (Lipinski definition) is 14. The van der Waals surface area contributed by atoms with Crippen molar-refractivity contribution in [1.29, 1.82) is 0 Å². The van der Waals surface area contributed by atoms with Crippen molar-refractivity contribution < 1.29 is 23.7 Å². The molecule has 4 rings (SSSR count). The summed E-state index contributed by atoms with van der Waals surface area (Å²) in [5.41, 5.74) is 2.40. The molecule has 0 atom stereocenters. The van der Waals surface area contributed by atoms with Gasteiger partial charge in [0.25, 0.3) is 0 Å². The summed E-state index contributed by atoms with van der Waals surface area (Å²) < 4.78 is 27.3. The zero-order valence-electron chi connectivity index (χ0n) is 26.7. The molecule has 0 aliphatic carbocycles. The third-order valence-electron chi connectivity index (χ3n) is 7.61. The second-order valence-electron chi connectivity index (χ2n) is 10.5. The molecule has 242 valence electrons. The number of nitrogens with one attached hydrogen (secondary N) is 1. The van der Waals surface area contributed by atoms with Crippen LogP contribution in [-0.2, 0) is 30.2 Å². The Morgan fingerprint density at radius 2 is 1.25 bits per heavy atom. The number of aromatic nitrogens is 5. The molecular formula is C30H47N9O5. The molecule has 0 unspecified atom stereocenters. The zero-order chi connectivity index (χ0) is 31.1. The summed E-state index contributed by atoms with van der Waals surface area (Å²) in [4.78, 5) is 31.0. The van der Waals surface area contributed by atoms with Gasteiger partial charge >= 0.3 is 0 Å². The van der Waals surface area contributed by atoms with Gasteiger partial charge in [-0.1, -0.05) is 0 Å². The van der Waals surface area contributed by atoms with Gasteiger partial charge in [-0.3, -0.25) is 4.98 Å². The van der Waals surface area contributed by atoms with E-state index in [-0.39, 0.29) is 6.10 Å². The molecule has 14 heteroatoms. The van der Waals surface area contributed by atoms with Crippen LogP contribution in [0, 0.1) is 0 Å². The molecule has 0 amide bonds. The monoisotopic (exact) mass is 613 g/mol. The Morgan fingerprint density at radius 3 is 1.77 bits per heavy atom. The van der Waals surface area contributed by atoms with Crippen molar-refractivity contribution in [1.82, 2.24) is 24.9 Å². The fourth-order valence-corrected chi connectivity index (χ4v) is 5.02. The van der Waals surface area contributed by atoms with Crippen molar-refractivity contribution in [3.05, 3.63) is 30.1 Å². The number of piperidine rings is 1. The van der Waals surface area contributed by atoms with E-state index in [4.69, 9.17) is 43.6 Å². The molecule has 1 N–H and O–H groups in total. The highest BCUT2D eigenvalue weighted by atomic mass is 16.5. The smallest absolute Gasteiger partial charge is 0.228 e. The normalized spacial score (nSPS) is 13.9. The maximum atomic E-state index is 5.67. The van der Waals surface area contributed by atoms with E-state index in [9.17, 15) is 0 Å². The first-order valence-electron chi connectivity index (χ1n) is 15.1. The van der Waals surface area contributed by atoms with Crippen LogP contribution in [-0.4, -0.2) is 132 Å². The molecule has 44 heavy (non-hydrogen) atoms. The summed E-state index contributed by atoms with van der Waals surface area (Å²) >= 11 is 0. The Kier molecular flexibility index (Phi) is 13.5. The van der Waals surface area contributed by atoms with E-state index < -0.39 is 0 Å². The van der Waals surface area contributed by atoms with Crippen molar-refractivity contribution in [3.8, 4) is 0 Å². The molecule has 3 aromatic rings. The minimum absolute atomic E-state index is 0.222. The van der Waals surface area contributed by atoms with Gasteiger partial charge in [-0.05, 0) is 30.5 Å². The maximum Gasteiger partial charge on any atom is 0.228 e. The van der Waals surface area contributed by atoms with Gasteiger partial charge in [0.05, 0.1) is 32.5 Å². The summed E-state index contributed by atoms with van der Waals surface area (Å²) in [6.07, 6.45) is 5.58. The molecular weight excluding hydrogens is 566 g/mol. The lowest BCUT2D eigenvalue weighted by atomic mass is 10.1. The molecule has 14 nitrogen and oxygen atoms in total. The Hall–Kier alpha value is -3.43. The summed E-state index contributed by atoms with van der Waals surface area (Å²) in [6, 6.07) is 3.95. The van der Waals surface area contributed by atoms with Crippen LogP contribution in [0.3, 0.4) is 0 Å². The Balaban J connectivity index is 1.88. The number of rotatable bonds is 19. The Labute approximate surface area is 260 Å². The van der Waals surface area contributed by atoms with E-state index in [2.05, 4.69) is 25.0 Å². The summed E-state index contributed by atoms with van der Waals surface area (Å²) in [5.74, 6) is 2.53. The second-order valence-corrected chi connectivity index (χ2v) is 10.5. The second kappa shape index (κ2) is 17.8. The highest BCUT2D eigenvalue weighted by Crippen LogP contribution is 2.33. The SMILES string of the molecule is COCCN(CCOC)c1nc(N2CCC(OC)CC2)c2nc(N(CCOC)CCOC)nc(NCc3ccncc3)c2n1. The molecule has 1 aliphatic heterocycles. The number of nitrogens with zero attached hydrogens (tertiary/aromatic N) is 8. The average Bonchev–Trinajstić information content (AvgIpc) is 3.07. The van der Waals surface area contributed by atoms with Crippen molar-refractivity contribution in [3.63, 3.8) is 0 Å². The molecule has 4 heterocycles. The van der Waals surface area contributed by atoms with Crippen LogP contribution in [0.5, 0.6) is 0 Å². The van der Waals surface area contributed by atoms with Gasteiger partial charge in [0.2, 0.25) is 11.9 Å². The van der Waals surface area contributed by atoms with Gasteiger partial charge in [-0.2, -0.15) is 9.97 Å². The van der Waals surface area contributed by atoms with Crippen molar-refractivity contribution in [2.24, 2.45) is 0 Å². The van der Waals surface area contributed by atoms with E-state index in [1.165, 1.54) is 0 Å². The Bertz CT molecular complexity index is 1250. The fraction of sp³-hybridized carbons (Fsp3) is 0.633. The molecule has 0 bridgehead atoms. The average molecular weight is 614 g/mol. The van der Waals surface area contributed by atoms with Crippen LogP contribution in [0.15, 0.2) is 24.5 Å². The lowest BCUT2D eigenvalue weighted by molar-refractivity contribution is 0.0818. The molecule has 0 saturated carbocycles. The van der Waals surface area contributed by atoms with Crippen molar-refractivity contribution >= 4 is 34.6 Å². The third-order valence-corrected chi connectivity index (χ3v) is 7.61. The number of hydrogen-bond donors (Lipinski definition) is 1. The van der Waals surface area contributed by atoms with Gasteiger partial charge in [-0.15, -0.1) is 0 Å². The molecule has 0 radical (unpaired) electrons. The van der Waals surface area contributed by atoms with E-state index in [0.29, 0.717) is 87.9 Å². The van der Waals surface area contributed by atoms with Crippen LogP contribution in [0.2, 0.25) is 0 Å². The van der Waals surface area contributed by atoms with Crippen LogP contribution < -0.4 is 20.0 Å². The van der Waals surface area contributed by atoms with E-state index >= 15 is 0 Å². The number of anilines is 4. The van der Waals surface area contributed by atoms with Crippen LogP contribution in [0.1, 0.15) is 18.4 Å². The summed E-state index contributed by atoms with van der Waals surface area (Å²) in [7, 11) is 8.53. The maximum absolute atomic E-state index is 5.67. The van der Waals surface area contributed by atoms with Gasteiger partial charge in [0.15, 0.2) is 11.6 Å². The standard InChI is InChI=1S/C30H47N9O5/c1-40-18-14-38(15-19-41-2)29-34-26-25(27(35-29)32-22-23-6-10-31-11-7-23)33-30(39(16-20-42-3)17-21-43-4)36-28(26)37-12-8-24(44-5)9-13-37/h6-7,10-11,24H,8-9,12-22H2,1-5H3,(H,32,34,35). The van der Waals surface area contributed by atoms with Gasteiger partial charge in [0, 0.05) is 93.8 Å². The van der Waals surface area contributed by atoms with Gasteiger partial charge < -0.3 is 43.7 Å². The topological polar surface area (TPSA) is 132 Å². The van der Waals surface area contributed by atoms with E-state index in [1.807, 2.05) is 12.1 Å². The van der Waals surface area contributed by atoms with Crippen molar-refractivity contribution in [2.75, 3.05) is 121 Å². The summed E-state index contributed by atoms with van der Waals surface area (Å²) in [6.45, 7) is 6.62. The number of ether oxygens (including phenoxy) is 5. The minimum atomic E-state index is 0.222.